The number of aromatic nitrogens is 3. The number of carbonyl (C=O) groups is 1. The van der Waals surface area contributed by atoms with Gasteiger partial charge in [0.25, 0.3) is 5.91 Å². The lowest BCUT2D eigenvalue weighted by Gasteiger charge is -2.17. The van der Waals surface area contributed by atoms with Crippen molar-refractivity contribution in [2.45, 2.75) is 25.9 Å². The molecule has 0 bridgehead atoms. The third-order valence-electron chi connectivity index (χ3n) is 4.30. The Morgan fingerprint density at radius 1 is 1.42 bits per heavy atom. The average molecular weight is 348 g/mol. The van der Waals surface area contributed by atoms with Gasteiger partial charge in [-0.1, -0.05) is 6.07 Å². The second-order valence-electron chi connectivity index (χ2n) is 6.13. The van der Waals surface area contributed by atoms with Crippen LogP contribution in [0.4, 0.5) is 0 Å². The molecule has 1 atom stereocenters. The molecule has 8 heteroatoms. The smallest absolute Gasteiger partial charge is 0.257 e. The summed E-state index contributed by atoms with van der Waals surface area (Å²) in [6.45, 7) is 2.21. The van der Waals surface area contributed by atoms with Crippen LogP contribution < -0.4 is 0 Å². The van der Waals surface area contributed by atoms with Gasteiger partial charge in [0.15, 0.2) is 9.84 Å². The standard InChI is InChI=1S/C16H20N4O3S/c1-12-15(9-18-20(12)14-6-8-24(22,23)11-14)16(21)19(2)10-13-5-3-4-7-17-13/h3-5,7,9,14H,6,8,10-11H2,1-2H3/t14-/m0/s1. The van der Waals surface area contributed by atoms with Crippen LogP contribution >= 0.6 is 0 Å². The number of carbonyl (C=O) groups excluding carboxylic acids is 1. The highest BCUT2D eigenvalue weighted by Crippen LogP contribution is 2.25. The van der Waals surface area contributed by atoms with E-state index in [1.807, 2.05) is 18.2 Å². The minimum Gasteiger partial charge on any atom is -0.336 e. The Kier molecular flexibility index (Phi) is 4.40. The molecule has 1 amide bonds. The van der Waals surface area contributed by atoms with Crippen molar-refractivity contribution in [2.75, 3.05) is 18.6 Å². The summed E-state index contributed by atoms with van der Waals surface area (Å²) < 4.78 is 25.0. The molecule has 128 valence electrons. The van der Waals surface area contributed by atoms with E-state index in [2.05, 4.69) is 10.1 Å². The first kappa shape index (κ1) is 16.6. The summed E-state index contributed by atoms with van der Waals surface area (Å²) in [6, 6.07) is 5.39. The lowest BCUT2D eigenvalue weighted by Crippen LogP contribution is -2.27. The molecular formula is C16H20N4O3S. The van der Waals surface area contributed by atoms with Gasteiger partial charge in [-0.3, -0.25) is 14.5 Å². The molecule has 1 fully saturated rings. The summed E-state index contributed by atoms with van der Waals surface area (Å²) in [6.07, 6.45) is 3.76. The highest BCUT2D eigenvalue weighted by atomic mass is 32.2. The first-order valence-electron chi connectivity index (χ1n) is 7.77. The molecule has 3 rings (SSSR count). The predicted molar refractivity (Wildman–Crippen MR) is 89.3 cm³/mol. The van der Waals surface area contributed by atoms with Crippen LogP contribution in [0.15, 0.2) is 30.6 Å². The molecule has 0 saturated carbocycles. The molecule has 0 aromatic carbocycles. The van der Waals surface area contributed by atoms with Gasteiger partial charge >= 0.3 is 0 Å². The van der Waals surface area contributed by atoms with Crippen molar-refractivity contribution in [3.8, 4) is 0 Å². The molecule has 3 heterocycles. The van der Waals surface area contributed by atoms with Crippen molar-refractivity contribution < 1.29 is 13.2 Å². The molecule has 0 spiro atoms. The lowest BCUT2D eigenvalue weighted by atomic mass is 10.2. The molecule has 24 heavy (non-hydrogen) atoms. The fourth-order valence-electron chi connectivity index (χ4n) is 2.98. The van der Waals surface area contributed by atoms with Gasteiger partial charge in [-0.15, -0.1) is 0 Å². The van der Waals surface area contributed by atoms with Gasteiger partial charge in [0, 0.05) is 18.9 Å². The molecule has 2 aromatic heterocycles. The molecule has 7 nitrogen and oxygen atoms in total. The molecule has 0 radical (unpaired) electrons. The van der Waals surface area contributed by atoms with E-state index in [1.165, 1.54) is 6.20 Å². The van der Waals surface area contributed by atoms with Gasteiger partial charge in [0.05, 0.1) is 41.5 Å². The zero-order chi connectivity index (χ0) is 17.3. The number of amides is 1. The molecule has 0 N–H and O–H groups in total. The number of hydrogen-bond acceptors (Lipinski definition) is 5. The highest BCUT2D eigenvalue weighted by molar-refractivity contribution is 7.91. The van der Waals surface area contributed by atoms with E-state index in [-0.39, 0.29) is 23.5 Å². The third-order valence-corrected chi connectivity index (χ3v) is 6.05. The van der Waals surface area contributed by atoms with Gasteiger partial charge in [-0.2, -0.15) is 5.10 Å². The van der Waals surface area contributed by atoms with E-state index in [1.54, 1.807) is 29.7 Å². The molecule has 0 unspecified atom stereocenters. The Morgan fingerprint density at radius 3 is 2.83 bits per heavy atom. The van der Waals surface area contributed by atoms with Gasteiger partial charge < -0.3 is 4.90 Å². The third kappa shape index (κ3) is 3.33. The SMILES string of the molecule is Cc1c(C(=O)N(C)Cc2ccccn2)cnn1[C@H]1CCS(=O)(=O)C1. The second-order valence-corrected chi connectivity index (χ2v) is 8.36. The van der Waals surface area contributed by atoms with Crippen molar-refractivity contribution in [2.24, 2.45) is 0 Å². The van der Waals surface area contributed by atoms with Gasteiger partial charge in [0.1, 0.15) is 0 Å². The number of nitrogens with zero attached hydrogens (tertiary/aromatic N) is 4. The Balaban J connectivity index is 1.76. The topological polar surface area (TPSA) is 85.2 Å². The van der Waals surface area contributed by atoms with Crippen LogP contribution in [0.5, 0.6) is 0 Å². The summed E-state index contributed by atoms with van der Waals surface area (Å²) >= 11 is 0. The first-order valence-corrected chi connectivity index (χ1v) is 9.59. The van der Waals surface area contributed by atoms with Gasteiger partial charge in [-0.25, -0.2) is 8.42 Å². The first-order chi connectivity index (χ1) is 11.4. The summed E-state index contributed by atoms with van der Waals surface area (Å²) in [5.74, 6) is 0.123. The van der Waals surface area contributed by atoms with E-state index in [9.17, 15) is 13.2 Å². The minimum absolute atomic E-state index is 0.0902. The Bertz CT molecular complexity index is 845. The number of rotatable bonds is 4. The molecule has 1 aliphatic heterocycles. The maximum Gasteiger partial charge on any atom is 0.257 e. The zero-order valence-corrected chi connectivity index (χ0v) is 14.5. The highest BCUT2D eigenvalue weighted by Gasteiger charge is 2.31. The summed E-state index contributed by atoms with van der Waals surface area (Å²) in [5.41, 5.74) is 2.01. The van der Waals surface area contributed by atoms with Crippen LogP contribution in [0.1, 0.15) is 34.2 Å². The van der Waals surface area contributed by atoms with Gasteiger partial charge in [0.2, 0.25) is 0 Å². The maximum atomic E-state index is 12.7. The summed E-state index contributed by atoms with van der Waals surface area (Å²) in [4.78, 5) is 18.5. The quantitative estimate of drug-likeness (QED) is 0.829. The van der Waals surface area contributed by atoms with Crippen molar-refractivity contribution >= 4 is 15.7 Å². The molecule has 1 aliphatic rings. The fraction of sp³-hybridized carbons (Fsp3) is 0.438. The molecule has 2 aromatic rings. The van der Waals surface area contributed by atoms with E-state index >= 15 is 0 Å². The Hall–Kier alpha value is -2.22. The lowest BCUT2D eigenvalue weighted by molar-refractivity contribution is 0.0782. The Labute approximate surface area is 141 Å². The van der Waals surface area contributed by atoms with Crippen LogP contribution in [0.2, 0.25) is 0 Å². The van der Waals surface area contributed by atoms with Crippen molar-refractivity contribution in [3.05, 3.63) is 47.5 Å². The van der Waals surface area contributed by atoms with Crippen LogP contribution in [0.3, 0.4) is 0 Å². The molecule has 1 saturated heterocycles. The molecule has 0 aliphatic carbocycles. The molecular weight excluding hydrogens is 328 g/mol. The van der Waals surface area contributed by atoms with E-state index in [0.717, 1.165) is 5.69 Å². The largest absolute Gasteiger partial charge is 0.336 e. The monoisotopic (exact) mass is 348 g/mol. The van der Waals surface area contributed by atoms with Crippen molar-refractivity contribution in [1.82, 2.24) is 19.7 Å². The summed E-state index contributed by atoms with van der Waals surface area (Å²) in [5, 5.41) is 4.26. The zero-order valence-electron chi connectivity index (χ0n) is 13.7. The summed E-state index contributed by atoms with van der Waals surface area (Å²) in [7, 11) is -1.28. The fourth-order valence-corrected chi connectivity index (χ4v) is 4.67. The number of pyridine rings is 1. The van der Waals surface area contributed by atoms with Crippen molar-refractivity contribution in [3.63, 3.8) is 0 Å². The van der Waals surface area contributed by atoms with E-state index in [4.69, 9.17) is 0 Å². The van der Waals surface area contributed by atoms with Gasteiger partial charge in [-0.05, 0) is 25.5 Å². The van der Waals surface area contributed by atoms with E-state index < -0.39 is 9.84 Å². The van der Waals surface area contributed by atoms with Crippen LogP contribution in [-0.4, -0.2) is 52.5 Å². The van der Waals surface area contributed by atoms with Crippen LogP contribution in [0.25, 0.3) is 0 Å². The number of hydrogen-bond donors (Lipinski definition) is 0. The second kappa shape index (κ2) is 6.35. The number of sulfone groups is 1. The van der Waals surface area contributed by atoms with Crippen LogP contribution in [-0.2, 0) is 16.4 Å². The Morgan fingerprint density at radius 2 is 2.21 bits per heavy atom. The maximum absolute atomic E-state index is 12.7. The normalized spacial score (nSPS) is 19.3. The average Bonchev–Trinajstić information content (AvgIpc) is 3.09. The van der Waals surface area contributed by atoms with Crippen molar-refractivity contribution in [1.29, 1.82) is 0 Å². The van der Waals surface area contributed by atoms with E-state index in [0.29, 0.717) is 24.2 Å². The predicted octanol–water partition coefficient (Wildman–Crippen LogP) is 1.22. The van der Waals surface area contributed by atoms with Crippen LogP contribution in [0, 0.1) is 6.92 Å². The minimum atomic E-state index is -2.99.